The van der Waals surface area contributed by atoms with Gasteiger partial charge in [-0.05, 0) is 0 Å². The molecule has 0 spiro atoms. The molecule has 0 atom stereocenters. The van der Waals surface area contributed by atoms with Crippen molar-refractivity contribution >= 4 is 11.6 Å². The van der Waals surface area contributed by atoms with Crippen LogP contribution in [0.3, 0.4) is 0 Å². The third-order valence-corrected chi connectivity index (χ3v) is 1.66. The van der Waals surface area contributed by atoms with Gasteiger partial charge >= 0.3 is 6.18 Å². The molecule has 0 aromatic carbocycles. The Balaban J connectivity index is 2.82. The van der Waals surface area contributed by atoms with Gasteiger partial charge in [0.05, 0.1) is 6.61 Å². The Bertz CT molecular complexity index is 360. The summed E-state index contributed by atoms with van der Waals surface area (Å²) in [7, 11) is 1.44. The van der Waals surface area contributed by atoms with Gasteiger partial charge in [0.2, 0.25) is 11.7 Å². The lowest BCUT2D eigenvalue weighted by molar-refractivity contribution is -0.145. The molecular formula is C8H8ClF3N2O2. The van der Waals surface area contributed by atoms with Crippen molar-refractivity contribution in [3.05, 3.63) is 17.0 Å². The van der Waals surface area contributed by atoms with Crippen LogP contribution in [-0.2, 0) is 10.9 Å². The van der Waals surface area contributed by atoms with Crippen LogP contribution in [-0.4, -0.2) is 30.3 Å². The van der Waals surface area contributed by atoms with Gasteiger partial charge in [-0.1, -0.05) is 11.6 Å². The van der Waals surface area contributed by atoms with Crippen molar-refractivity contribution in [2.45, 2.75) is 6.18 Å². The Morgan fingerprint density at radius 2 is 2.00 bits per heavy atom. The zero-order chi connectivity index (χ0) is 12.2. The monoisotopic (exact) mass is 256 g/mol. The number of methoxy groups -OCH3 is 1. The molecule has 0 aliphatic heterocycles. The maximum atomic E-state index is 12.3. The van der Waals surface area contributed by atoms with E-state index in [1.807, 2.05) is 0 Å². The molecule has 0 unspecified atom stereocenters. The molecule has 1 aromatic rings. The van der Waals surface area contributed by atoms with Crippen molar-refractivity contribution < 1.29 is 22.6 Å². The van der Waals surface area contributed by atoms with Crippen LogP contribution in [0.25, 0.3) is 0 Å². The van der Waals surface area contributed by atoms with Crippen molar-refractivity contribution in [1.82, 2.24) is 9.97 Å². The standard InChI is InChI=1S/C8H8ClF3N2O2/c1-15-2-3-16-6-4-5(9)13-7(14-6)8(10,11)12/h4H,2-3H2,1H3. The Hall–Kier alpha value is -1.08. The van der Waals surface area contributed by atoms with E-state index in [4.69, 9.17) is 16.3 Å². The minimum absolute atomic E-state index is 0.0845. The first kappa shape index (κ1) is 13.0. The van der Waals surface area contributed by atoms with Gasteiger partial charge in [-0.3, -0.25) is 0 Å². The summed E-state index contributed by atoms with van der Waals surface area (Å²) in [6, 6.07) is 1.10. The van der Waals surface area contributed by atoms with Crippen LogP contribution >= 0.6 is 11.6 Å². The molecule has 16 heavy (non-hydrogen) atoms. The largest absolute Gasteiger partial charge is 0.475 e. The van der Waals surface area contributed by atoms with Crippen LogP contribution in [0.4, 0.5) is 13.2 Å². The number of alkyl halides is 3. The minimum atomic E-state index is -4.65. The highest BCUT2D eigenvalue weighted by Crippen LogP contribution is 2.28. The molecule has 1 rings (SSSR count). The summed E-state index contributed by atoms with van der Waals surface area (Å²) in [6.07, 6.45) is -4.65. The number of hydrogen-bond acceptors (Lipinski definition) is 4. The van der Waals surface area contributed by atoms with Crippen LogP contribution in [0.1, 0.15) is 5.82 Å². The number of rotatable bonds is 4. The van der Waals surface area contributed by atoms with Gasteiger partial charge < -0.3 is 9.47 Å². The topological polar surface area (TPSA) is 44.2 Å². The quantitative estimate of drug-likeness (QED) is 0.612. The summed E-state index contributed by atoms with van der Waals surface area (Å²) in [5, 5.41) is -0.324. The molecule has 1 heterocycles. The van der Waals surface area contributed by atoms with E-state index >= 15 is 0 Å². The molecule has 0 bridgehead atoms. The molecule has 0 saturated carbocycles. The Kier molecular flexibility index (Phi) is 4.31. The summed E-state index contributed by atoms with van der Waals surface area (Å²) < 4.78 is 46.4. The van der Waals surface area contributed by atoms with Crippen molar-refractivity contribution in [2.75, 3.05) is 20.3 Å². The summed E-state index contributed by atoms with van der Waals surface area (Å²) in [5.41, 5.74) is 0. The molecule has 90 valence electrons. The van der Waals surface area contributed by atoms with Gasteiger partial charge in [-0.25, -0.2) is 4.98 Å². The maximum absolute atomic E-state index is 12.3. The fourth-order valence-electron chi connectivity index (χ4n) is 0.827. The zero-order valence-corrected chi connectivity index (χ0v) is 8.97. The smallest absolute Gasteiger partial charge is 0.451 e. The summed E-state index contributed by atoms with van der Waals surface area (Å²) in [5.74, 6) is -1.56. The zero-order valence-electron chi connectivity index (χ0n) is 8.21. The molecule has 0 aliphatic rings. The maximum Gasteiger partial charge on any atom is 0.451 e. The average molecular weight is 257 g/mol. The van der Waals surface area contributed by atoms with Gasteiger partial charge in [-0.15, -0.1) is 0 Å². The number of hydrogen-bond donors (Lipinski definition) is 0. The molecule has 0 aliphatic carbocycles. The Morgan fingerprint density at radius 3 is 2.56 bits per heavy atom. The molecule has 8 heteroatoms. The molecule has 0 saturated heterocycles. The highest BCUT2D eigenvalue weighted by molar-refractivity contribution is 6.29. The lowest BCUT2D eigenvalue weighted by atomic mass is 10.5. The van der Waals surface area contributed by atoms with Crippen LogP contribution in [0, 0.1) is 0 Å². The molecule has 0 amide bonds. The van der Waals surface area contributed by atoms with Crippen molar-refractivity contribution in [3.63, 3.8) is 0 Å². The predicted octanol–water partition coefficient (Wildman–Crippen LogP) is 2.17. The molecular weight excluding hydrogens is 249 g/mol. The third-order valence-electron chi connectivity index (χ3n) is 1.46. The third kappa shape index (κ3) is 3.82. The fourth-order valence-corrected chi connectivity index (χ4v) is 1.00. The van der Waals surface area contributed by atoms with E-state index in [1.165, 1.54) is 7.11 Å². The van der Waals surface area contributed by atoms with Gasteiger partial charge in [0, 0.05) is 13.2 Å². The number of ether oxygens (including phenoxy) is 2. The molecule has 0 fully saturated rings. The number of nitrogens with zero attached hydrogens (tertiary/aromatic N) is 2. The van der Waals surface area contributed by atoms with E-state index in [1.54, 1.807) is 0 Å². The Morgan fingerprint density at radius 1 is 1.31 bits per heavy atom. The van der Waals surface area contributed by atoms with Crippen molar-refractivity contribution in [2.24, 2.45) is 0 Å². The summed E-state index contributed by atoms with van der Waals surface area (Å²) >= 11 is 5.41. The lowest BCUT2D eigenvalue weighted by Crippen LogP contribution is -2.13. The normalized spacial score (nSPS) is 11.6. The van der Waals surface area contributed by atoms with Crippen molar-refractivity contribution in [3.8, 4) is 5.88 Å². The highest BCUT2D eigenvalue weighted by Gasteiger charge is 2.35. The lowest BCUT2D eigenvalue weighted by Gasteiger charge is -2.08. The summed E-state index contributed by atoms with van der Waals surface area (Å²) in [4.78, 5) is 6.23. The van der Waals surface area contributed by atoms with E-state index in [9.17, 15) is 13.2 Å². The van der Waals surface area contributed by atoms with E-state index < -0.39 is 12.0 Å². The number of halogens is 4. The first-order chi connectivity index (χ1) is 7.43. The first-order valence-electron chi connectivity index (χ1n) is 4.17. The second kappa shape index (κ2) is 5.31. The molecule has 1 aromatic heterocycles. The van der Waals surface area contributed by atoms with Crippen LogP contribution < -0.4 is 4.74 Å². The molecule has 4 nitrogen and oxygen atoms in total. The van der Waals surface area contributed by atoms with Crippen LogP contribution in [0.5, 0.6) is 5.88 Å². The second-order valence-electron chi connectivity index (χ2n) is 2.69. The first-order valence-corrected chi connectivity index (χ1v) is 4.55. The minimum Gasteiger partial charge on any atom is -0.475 e. The van der Waals surface area contributed by atoms with Gasteiger partial charge in [-0.2, -0.15) is 18.2 Å². The average Bonchev–Trinajstić information content (AvgIpc) is 2.16. The second-order valence-corrected chi connectivity index (χ2v) is 3.08. The Labute approximate surface area is 94.4 Å². The van der Waals surface area contributed by atoms with Gasteiger partial charge in [0.15, 0.2) is 0 Å². The van der Waals surface area contributed by atoms with E-state index in [0.717, 1.165) is 6.07 Å². The number of aromatic nitrogens is 2. The van der Waals surface area contributed by atoms with Gasteiger partial charge in [0.1, 0.15) is 11.8 Å². The summed E-state index contributed by atoms with van der Waals surface area (Å²) in [6.45, 7) is 0.324. The van der Waals surface area contributed by atoms with Crippen molar-refractivity contribution in [1.29, 1.82) is 0 Å². The van der Waals surface area contributed by atoms with E-state index in [2.05, 4.69) is 14.7 Å². The highest BCUT2D eigenvalue weighted by atomic mass is 35.5. The predicted molar refractivity (Wildman–Crippen MR) is 49.4 cm³/mol. The van der Waals surface area contributed by atoms with E-state index in [-0.39, 0.29) is 24.2 Å². The van der Waals surface area contributed by atoms with Crippen LogP contribution in [0.15, 0.2) is 6.07 Å². The fraction of sp³-hybridized carbons (Fsp3) is 0.500. The van der Waals surface area contributed by atoms with E-state index in [0.29, 0.717) is 0 Å². The molecule has 0 N–H and O–H groups in total. The van der Waals surface area contributed by atoms with Gasteiger partial charge in [0.25, 0.3) is 0 Å². The molecule has 0 radical (unpaired) electrons. The SMILES string of the molecule is COCCOc1cc(Cl)nc(C(F)(F)F)n1. The van der Waals surface area contributed by atoms with Crippen LogP contribution in [0.2, 0.25) is 5.15 Å².